The van der Waals surface area contributed by atoms with Gasteiger partial charge < -0.3 is 4.74 Å². The van der Waals surface area contributed by atoms with E-state index in [2.05, 4.69) is 11.9 Å². The van der Waals surface area contributed by atoms with E-state index in [0.29, 0.717) is 28.8 Å². The number of carbonyl (C=O) groups excluding carboxylic acids is 1. The number of carbonyl (C=O) groups is 1. The SMILES string of the molecule is CCCC12CCC(=O)C=C1c1c(cc(OCc3ccncc3)c(Cl)c1Cl)C2. The largest absolute Gasteiger partial charge is 0.487 e. The fourth-order valence-electron chi connectivity index (χ4n) is 4.42. The second-order valence-electron chi connectivity index (χ2n) is 7.41. The summed E-state index contributed by atoms with van der Waals surface area (Å²) < 4.78 is 5.97. The van der Waals surface area contributed by atoms with Gasteiger partial charge in [0, 0.05) is 29.8 Å². The Morgan fingerprint density at radius 3 is 2.74 bits per heavy atom. The van der Waals surface area contributed by atoms with Gasteiger partial charge in [-0.1, -0.05) is 36.5 Å². The number of fused-ring (bicyclic) bond motifs is 3. The van der Waals surface area contributed by atoms with Gasteiger partial charge in [-0.3, -0.25) is 9.78 Å². The van der Waals surface area contributed by atoms with Gasteiger partial charge in [-0.25, -0.2) is 0 Å². The van der Waals surface area contributed by atoms with Crippen LogP contribution in [0, 0.1) is 5.41 Å². The van der Waals surface area contributed by atoms with Gasteiger partial charge in [0.25, 0.3) is 0 Å². The van der Waals surface area contributed by atoms with Crippen molar-refractivity contribution in [2.45, 2.75) is 45.6 Å². The Kier molecular flexibility index (Phi) is 5.00. The molecule has 3 nitrogen and oxygen atoms in total. The summed E-state index contributed by atoms with van der Waals surface area (Å²) in [5.74, 6) is 0.768. The number of benzene rings is 1. The molecule has 0 N–H and O–H groups in total. The summed E-state index contributed by atoms with van der Waals surface area (Å²) in [4.78, 5) is 16.1. The molecule has 4 rings (SSSR count). The zero-order valence-electron chi connectivity index (χ0n) is 15.2. The lowest BCUT2D eigenvalue weighted by Crippen LogP contribution is -2.25. The molecule has 1 unspecified atom stereocenters. The van der Waals surface area contributed by atoms with Crippen molar-refractivity contribution in [2.24, 2.45) is 5.41 Å². The van der Waals surface area contributed by atoms with Crippen LogP contribution in [-0.2, 0) is 17.8 Å². The zero-order valence-corrected chi connectivity index (χ0v) is 16.7. The van der Waals surface area contributed by atoms with Crippen LogP contribution in [-0.4, -0.2) is 10.8 Å². The van der Waals surface area contributed by atoms with Crippen LogP contribution < -0.4 is 4.74 Å². The van der Waals surface area contributed by atoms with Crippen molar-refractivity contribution in [3.8, 4) is 5.75 Å². The smallest absolute Gasteiger partial charge is 0.156 e. The van der Waals surface area contributed by atoms with E-state index < -0.39 is 0 Å². The molecule has 0 bridgehead atoms. The third kappa shape index (κ3) is 3.28. The van der Waals surface area contributed by atoms with E-state index in [4.69, 9.17) is 27.9 Å². The number of pyridine rings is 1. The number of halogens is 2. The highest BCUT2D eigenvalue weighted by atomic mass is 35.5. The van der Waals surface area contributed by atoms with Crippen LogP contribution in [0.15, 0.2) is 36.7 Å². The average Bonchev–Trinajstić information content (AvgIpc) is 2.98. The van der Waals surface area contributed by atoms with Crippen molar-refractivity contribution >= 4 is 34.6 Å². The predicted octanol–water partition coefficient (Wildman–Crippen LogP) is 6.06. The van der Waals surface area contributed by atoms with Crippen molar-refractivity contribution in [3.05, 3.63) is 63.4 Å². The molecule has 0 saturated carbocycles. The van der Waals surface area contributed by atoms with E-state index in [1.807, 2.05) is 18.2 Å². The predicted molar refractivity (Wildman–Crippen MR) is 108 cm³/mol. The minimum atomic E-state index is 0.00167. The maximum absolute atomic E-state index is 12.1. The van der Waals surface area contributed by atoms with Crippen molar-refractivity contribution < 1.29 is 9.53 Å². The maximum atomic E-state index is 12.1. The zero-order chi connectivity index (χ0) is 19.0. The molecule has 2 aromatic rings. The normalized spacial score (nSPS) is 20.9. The van der Waals surface area contributed by atoms with Gasteiger partial charge in [-0.05, 0) is 60.2 Å². The molecule has 2 aliphatic carbocycles. The molecule has 0 amide bonds. The van der Waals surface area contributed by atoms with Crippen molar-refractivity contribution in [3.63, 3.8) is 0 Å². The van der Waals surface area contributed by atoms with Gasteiger partial charge in [-0.15, -0.1) is 0 Å². The molecule has 140 valence electrons. The number of allylic oxidation sites excluding steroid dienone is 2. The number of nitrogens with zero attached hydrogens (tertiary/aromatic N) is 1. The number of ether oxygens (including phenoxy) is 1. The topological polar surface area (TPSA) is 39.2 Å². The van der Waals surface area contributed by atoms with Crippen LogP contribution in [0.2, 0.25) is 10.0 Å². The lowest BCUT2D eigenvalue weighted by atomic mass is 9.70. The van der Waals surface area contributed by atoms with Gasteiger partial charge in [-0.2, -0.15) is 0 Å². The Balaban J connectivity index is 1.72. The van der Waals surface area contributed by atoms with Crippen molar-refractivity contribution in [1.29, 1.82) is 0 Å². The third-order valence-corrected chi connectivity index (χ3v) is 6.50. The maximum Gasteiger partial charge on any atom is 0.156 e. The van der Waals surface area contributed by atoms with Gasteiger partial charge in [0.1, 0.15) is 17.4 Å². The number of hydrogen-bond donors (Lipinski definition) is 0. The highest BCUT2D eigenvalue weighted by molar-refractivity contribution is 6.44. The molecular formula is C22H21Cl2NO2. The second kappa shape index (κ2) is 7.29. The molecule has 0 saturated heterocycles. The monoisotopic (exact) mass is 401 g/mol. The molecule has 2 aliphatic rings. The Morgan fingerprint density at radius 1 is 1.22 bits per heavy atom. The summed E-state index contributed by atoms with van der Waals surface area (Å²) >= 11 is 13.2. The van der Waals surface area contributed by atoms with Crippen LogP contribution in [0.3, 0.4) is 0 Å². The van der Waals surface area contributed by atoms with Gasteiger partial charge in [0.05, 0.1) is 5.02 Å². The van der Waals surface area contributed by atoms with E-state index in [1.165, 1.54) is 0 Å². The quantitative estimate of drug-likeness (QED) is 0.611. The standard InChI is InChI=1S/C22H21Cl2NO2/c1-2-6-22-7-3-16(26)11-17(22)19-15(12-22)10-18(20(23)21(19)24)27-13-14-4-8-25-9-5-14/h4-5,8-11H,2-3,6-7,12-13H2,1H3. The van der Waals surface area contributed by atoms with Gasteiger partial charge in [0.2, 0.25) is 0 Å². The lowest BCUT2D eigenvalue weighted by Gasteiger charge is -2.33. The van der Waals surface area contributed by atoms with Crippen LogP contribution in [0.25, 0.3) is 5.57 Å². The average molecular weight is 402 g/mol. The molecular weight excluding hydrogens is 381 g/mol. The Labute approximate surface area is 169 Å². The number of aromatic nitrogens is 1. The highest BCUT2D eigenvalue weighted by Gasteiger charge is 2.45. The van der Waals surface area contributed by atoms with E-state index in [0.717, 1.165) is 47.9 Å². The van der Waals surface area contributed by atoms with Crippen LogP contribution in [0.1, 0.15) is 49.3 Å². The van der Waals surface area contributed by atoms with Crippen molar-refractivity contribution in [2.75, 3.05) is 0 Å². The second-order valence-corrected chi connectivity index (χ2v) is 8.17. The first-order chi connectivity index (χ1) is 13.0. The van der Waals surface area contributed by atoms with E-state index in [1.54, 1.807) is 18.5 Å². The molecule has 1 aromatic heterocycles. The van der Waals surface area contributed by atoms with Gasteiger partial charge >= 0.3 is 0 Å². The minimum absolute atomic E-state index is 0.00167. The summed E-state index contributed by atoms with van der Waals surface area (Å²) in [5.41, 5.74) is 4.16. The summed E-state index contributed by atoms with van der Waals surface area (Å²) in [7, 11) is 0. The Hall–Kier alpha value is -1.84. The summed E-state index contributed by atoms with van der Waals surface area (Å²) in [6.45, 7) is 2.59. The minimum Gasteiger partial charge on any atom is -0.487 e. The van der Waals surface area contributed by atoms with E-state index >= 15 is 0 Å². The summed E-state index contributed by atoms with van der Waals surface area (Å²) in [5, 5.41) is 0.911. The first-order valence-corrected chi connectivity index (χ1v) is 10.1. The molecule has 0 aliphatic heterocycles. The number of ketones is 1. The fourth-order valence-corrected chi connectivity index (χ4v) is 4.94. The highest BCUT2D eigenvalue weighted by Crippen LogP contribution is 2.58. The molecule has 1 atom stereocenters. The first-order valence-electron chi connectivity index (χ1n) is 9.32. The van der Waals surface area contributed by atoms with Crippen LogP contribution >= 0.6 is 23.2 Å². The first kappa shape index (κ1) is 18.5. The molecule has 0 fully saturated rings. The molecule has 0 spiro atoms. The van der Waals surface area contributed by atoms with Crippen LogP contribution in [0.4, 0.5) is 0 Å². The van der Waals surface area contributed by atoms with Gasteiger partial charge in [0.15, 0.2) is 5.78 Å². The Bertz CT molecular complexity index is 924. The fraction of sp³-hybridized carbons (Fsp3) is 0.364. The third-order valence-electron chi connectivity index (χ3n) is 5.65. The molecule has 0 radical (unpaired) electrons. The molecule has 1 aromatic carbocycles. The van der Waals surface area contributed by atoms with Crippen LogP contribution in [0.5, 0.6) is 5.75 Å². The van der Waals surface area contributed by atoms with E-state index in [9.17, 15) is 4.79 Å². The lowest BCUT2D eigenvalue weighted by molar-refractivity contribution is -0.115. The number of rotatable bonds is 5. The summed E-state index contributed by atoms with van der Waals surface area (Å²) in [6.07, 6.45) is 9.74. The molecule has 1 heterocycles. The Morgan fingerprint density at radius 2 is 2.00 bits per heavy atom. The molecule has 5 heteroatoms. The summed E-state index contributed by atoms with van der Waals surface area (Å²) in [6, 6.07) is 5.82. The number of hydrogen-bond acceptors (Lipinski definition) is 3. The van der Waals surface area contributed by atoms with E-state index in [-0.39, 0.29) is 11.2 Å². The van der Waals surface area contributed by atoms with Crippen molar-refractivity contribution in [1.82, 2.24) is 4.98 Å². The molecule has 27 heavy (non-hydrogen) atoms.